The average molecular weight is 655 g/mol. The third-order valence-corrected chi connectivity index (χ3v) is 8.96. The number of anilines is 1. The van der Waals surface area contributed by atoms with E-state index in [0.717, 1.165) is 20.8 Å². The second kappa shape index (κ2) is 13.7. The number of sulfonamides is 1. The fourth-order valence-corrected chi connectivity index (χ4v) is 5.94. The van der Waals surface area contributed by atoms with Crippen LogP contribution in [0.4, 0.5) is 5.69 Å². The van der Waals surface area contributed by atoms with Crippen molar-refractivity contribution in [3.8, 4) is 0 Å². The molecular formula is C28H30BrCl2N3O4S. The van der Waals surface area contributed by atoms with E-state index in [0.29, 0.717) is 10.0 Å². The molecule has 0 bridgehead atoms. The van der Waals surface area contributed by atoms with Gasteiger partial charge in [0.15, 0.2) is 0 Å². The minimum atomic E-state index is -4.20. The van der Waals surface area contributed by atoms with Crippen LogP contribution in [-0.4, -0.2) is 43.8 Å². The highest BCUT2D eigenvalue weighted by Crippen LogP contribution is 2.27. The summed E-state index contributed by atoms with van der Waals surface area (Å²) in [5.74, 6) is -0.887. The smallest absolute Gasteiger partial charge is 0.264 e. The van der Waals surface area contributed by atoms with Crippen molar-refractivity contribution < 1.29 is 18.0 Å². The third-order valence-electron chi connectivity index (χ3n) is 6.19. The van der Waals surface area contributed by atoms with Gasteiger partial charge in [0.25, 0.3) is 10.0 Å². The van der Waals surface area contributed by atoms with E-state index in [1.165, 1.54) is 35.2 Å². The summed E-state index contributed by atoms with van der Waals surface area (Å²) >= 11 is 15.6. The monoisotopic (exact) mass is 653 g/mol. The molecule has 0 spiro atoms. The maximum atomic E-state index is 13.9. The molecule has 1 N–H and O–H groups in total. The van der Waals surface area contributed by atoms with Crippen LogP contribution in [0.25, 0.3) is 0 Å². The van der Waals surface area contributed by atoms with E-state index in [1.807, 2.05) is 38.1 Å². The lowest BCUT2D eigenvalue weighted by Crippen LogP contribution is -2.52. The van der Waals surface area contributed by atoms with Gasteiger partial charge in [-0.3, -0.25) is 13.9 Å². The molecule has 7 nitrogen and oxygen atoms in total. The molecule has 2 atom stereocenters. The number of benzene rings is 3. The van der Waals surface area contributed by atoms with Crippen LogP contribution < -0.4 is 9.62 Å². The fourth-order valence-electron chi connectivity index (χ4n) is 3.77. The molecule has 2 amide bonds. The standard InChI is InChI=1S/C28H30BrCl2N3O4S/c1-4-19(2)32-28(36)20(3)33(17-21-7-5-8-22(29)15-21)27(35)18-34(25-10-6-9-24(31)16-25)39(37,38)26-13-11-23(30)12-14-26/h5-16,19-20H,4,17-18H2,1-3H3,(H,32,36)/t19-,20+/m0/s1. The van der Waals surface area contributed by atoms with Gasteiger partial charge in [-0.25, -0.2) is 8.42 Å². The van der Waals surface area contributed by atoms with Crippen LogP contribution in [0.1, 0.15) is 32.8 Å². The lowest BCUT2D eigenvalue weighted by atomic mass is 10.1. The van der Waals surface area contributed by atoms with Gasteiger partial charge in [-0.05, 0) is 80.4 Å². The van der Waals surface area contributed by atoms with E-state index in [9.17, 15) is 18.0 Å². The topological polar surface area (TPSA) is 86.8 Å². The predicted octanol–water partition coefficient (Wildman–Crippen LogP) is 6.28. The first-order valence-electron chi connectivity index (χ1n) is 12.3. The molecule has 3 aromatic carbocycles. The molecule has 0 aliphatic carbocycles. The summed E-state index contributed by atoms with van der Waals surface area (Å²) in [6.45, 7) is 5.00. The Morgan fingerprint density at radius 1 is 0.949 bits per heavy atom. The Kier molecular flexibility index (Phi) is 10.8. The minimum Gasteiger partial charge on any atom is -0.352 e. The Morgan fingerprint density at radius 3 is 2.23 bits per heavy atom. The van der Waals surface area contributed by atoms with Gasteiger partial charge in [0.2, 0.25) is 11.8 Å². The SMILES string of the molecule is CC[C@H](C)NC(=O)[C@@H](C)N(Cc1cccc(Br)c1)C(=O)CN(c1cccc(Cl)c1)S(=O)(=O)c1ccc(Cl)cc1. The number of hydrogen-bond acceptors (Lipinski definition) is 4. The number of amides is 2. The van der Waals surface area contributed by atoms with Crippen LogP contribution in [0.2, 0.25) is 10.0 Å². The zero-order chi connectivity index (χ0) is 28.7. The van der Waals surface area contributed by atoms with Crippen molar-refractivity contribution in [2.24, 2.45) is 0 Å². The molecule has 0 aromatic heterocycles. The molecule has 39 heavy (non-hydrogen) atoms. The number of nitrogens with zero attached hydrogens (tertiary/aromatic N) is 2. The number of rotatable bonds is 11. The summed E-state index contributed by atoms with van der Waals surface area (Å²) in [7, 11) is -4.20. The lowest BCUT2D eigenvalue weighted by molar-refractivity contribution is -0.139. The highest BCUT2D eigenvalue weighted by molar-refractivity contribution is 9.10. The summed E-state index contributed by atoms with van der Waals surface area (Å²) in [6.07, 6.45) is 0.722. The summed E-state index contributed by atoms with van der Waals surface area (Å²) in [5, 5.41) is 3.60. The van der Waals surface area contributed by atoms with Crippen molar-refractivity contribution in [3.63, 3.8) is 0 Å². The van der Waals surface area contributed by atoms with Gasteiger partial charge >= 0.3 is 0 Å². The first-order valence-corrected chi connectivity index (χ1v) is 15.3. The van der Waals surface area contributed by atoms with Crippen molar-refractivity contribution >= 4 is 66.7 Å². The molecule has 0 fully saturated rings. The quantitative estimate of drug-likeness (QED) is 0.264. The van der Waals surface area contributed by atoms with Crippen molar-refractivity contribution in [2.75, 3.05) is 10.8 Å². The Morgan fingerprint density at radius 2 is 1.62 bits per heavy atom. The maximum absolute atomic E-state index is 13.9. The first-order chi connectivity index (χ1) is 18.4. The number of carbonyl (C=O) groups excluding carboxylic acids is 2. The first kappa shape index (κ1) is 30.9. The van der Waals surface area contributed by atoms with Crippen LogP contribution in [0.15, 0.2) is 82.2 Å². The maximum Gasteiger partial charge on any atom is 0.264 e. The van der Waals surface area contributed by atoms with Crippen LogP contribution >= 0.6 is 39.1 Å². The summed E-state index contributed by atoms with van der Waals surface area (Å²) in [4.78, 5) is 28.3. The van der Waals surface area contributed by atoms with Gasteiger partial charge in [0, 0.05) is 27.1 Å². The van der Waals surface area contributed by atoms with Crippen molar-refractivity contribution in [3.05, 3.63) is 92.9 Å². The van der Waals surface area contributed by atoms with Crippen LogP contribution in [0.3, 0.4) is 0 Å². The normalized spacial score (nSPS) is 12.9. The van der Waals surface area contributed by atoms with E-state index < -0.39 is 28.5 Å². The van der Waals surface area contributed by atoms with Gasteiger partial charge < -0.3 is 10.2 Å². The zero-order valence-corrected chi connectivity index (χ0v) is 25.7. The third kappa shape index (κ3) is 8.20. The molecule has 0 heterocycles. The Hall–Kier alpha value is -2.59. The van der Waals surface area contributed by atoms with E-state index in [1.54, 1.807) is 25.1 Å². The zero-order valence-electron chi connectivity index (χ0n) is 21.8. The average Bonchev–Trinajstić information content (AvgIpc) is 2.89. The van der Waals surface area contributed by atoms with Crippen LogP contribution in [-0.2, 0) is 26.2 Å². The number of hydrogen-bond donors (Lipinski definition) is 1. The van der Waals surface area contributed by atoms with E-state index in [4.69, 9.17) is 23.2 Å². The fraction of sp³-hybridized carbons (Fsp3) is 0.286. The van der Waals surface area contributed by atoms with Gasteiger partial charge in [0.1, 0.15) is 12.6 Å². The molecule has 0 aliphatic heterocycles. The summed E-state index contributed by atoms with van der Waals surface area (Å²) in [5.41, 5.74) is 0.987. The Labute approximate surface area is 248 Å². The second-order valence-electron chi connectivity index (χ2n) is 9.09. The summed E-state index contributed by atoms with van der Waals surface area (Å²) in [6, 6.07) is 18.3. The van der Waals surface area contributed by atoms with Crippen LogP contribution in [0, 0.1) is 0 Å². The molecule has 208 valence electrons. The van der Waals surface area contributed by atoms with Crippen LogP contribution in [0.5, 0.6) is 0 Å². The van der Waals surface area contributed by atoms with E-state index >= 15 is 0 Å². The number of carbonyl (C=O) groups is 2. The van der Waals surface area contributed by atoms with E-state index in [-0.39, 0.29) is 29.1 Å². The summed E-state index contributed by atoms with van der Waals surface area (Å²) < 4.78 is 29.4. The predicted molar refractivity (Wildman–Crippen MR) is 159 cm³/mol. The lowest BCUT2D eigenvalue weighted by Gasteiger charge is -2.32. The van der Waals surface area contributed by atoms with Crippen molar-refractivity contribution in [1.29, 1.82) is 0 Å². The Balaban J connectivity index is 2.03. The molecule has 0 saturated heterocycles. The van der Waals surface area contributed by atoms with Crippen molar-refractivity contribution in [2.45, 2.75) is 50.7 Å². The van der Waals surface area contributed by atoms with Gasteiger partial charge in [0.05, 0.1) is 10.6 Å². The Bertz CT molecular complexity index is 1420. The molecule has 11 heteroatoms. The highest BCUT2D eigenvalue weighted by atomic mass is 79.9. The van der Waals surface area contributed by atoms with Gasteiger partial charge in [-0.2, -0.15) is 0 Å². The molecule has 0 unspecified atom stereocenters. The molecule has 0 aliphatic rings. The van der Waals surface area contributed by atoms with Crippen molar-refractivity contribution in [1.82, 2.24) is 10.2 Å². The molecule has 3 rings (SSSR count). The molecule has 0 saturated carbocycles. The molecular weight excluding hydrogens is 625 g/mol. The second-order valence-corrected chi connectivity index (χ2v) is 12.7. The van der Waals surface area contributed by atoms with Gasteiger partial charge in [-0.15, -0.1) is 0 Å². The number of nitrogens with one attached hydrogen (secondary N) is 1. The van der Waals surface area contributed by atoms with E-state index in [2.05, 4.69) is 21.2 Å². The molecule has 0 radical (unpaired) electrons. The highest BCUT2D eigenvalue weighted by Gasteiger charge is 2.33. The molecule has 3 aromatic rings. The van der Waals surface area contributed by atoms with Gasteiger partial charge in [-0.1, -0.05) is 64.3 Å². The largest absolute Gasteiger partial charge is 0.352 e. The number of halogens is 3. The minimum absolute atomic E-state index is 0.0409.